The molecule has 3 aromatic rings. The van der Waals surface area contributed by atoms with Gasteiger partial charge in [-0.3, -0.25) is 9.59 Å². The molecule has 142 valence electrons. The summed E-state index contributed by atoms with van der Waals surface area (Å²) in [7, 11) is 0. The minimum Gasteiger partial charge on any atom is -0.482 e. The van der Waals surface area contributed by atoms with Gasteiger partial charge in [-0.1, -0.05) is 30.3 Å². The van der Waals surface area contributed by atoms with Gasteiger partial charge >= 0.3 is 5.97 Å². The first-order valence-corrected chi connectivity index (χ1v) is 8.88. The quantitative estimate of drug-likeness (QED) is 0.613. The van der Waals surface area contributed by atoms with Crippen molar-refractivity contribution in [3.8, 4) is 17.2 Å². The van der Waals surface area contributed by atoms with Gasteiger partial charge in [0.2, 0.25) is 5.89 Å². The minimum atomic E-state index is -0.416. The van der Waals surface area contributed by atoms with E-state index in [2.05, 4.69) is 4.98 Å². The molecule has 4 rings (SSSR count). The predicted octanol–water partition coefficient (Wildman–Crippen LogP) is 3.20. The Morgan fingerprint density at radius 2 is 1.89 bits per heavy atom. The Bertz CT molecular complexity index is 983. The van der Waals surface area contributed by atoms with Crippen molar-refractivity contribution in [2.75, 3.05) is 18.1 Å². The van der Waals surface area contributed by atoms with E-state index in [1.54, 1.807) is 17.0 Å². The molecule has 0 fully saturated rings. The molecule has 0 aliphatic carbocycles. The van der Waals surface area contributed by atoms with Gasteiger partial charge < -0.3 is 18.8 Å². The first-order chi connectivity index (χ1) is 13.7. The molecular formula is C21H18N2O5. The molecule has 0 bridgehead atoms. The standard InChI is InChI=1S/C21H18N2O5/c24-19-14-26-18-9-5-4-8-17(18)23(19)11-10-20(25)27-12-16-13-28-21(22-16)15-6-2-1-3-7-15/h1-9,13H,10-12,14H2. The largest absolute Gasteiger partial charge is 0.482 e. The third kappa shape index (κ3) is 3.88. The Labute approximate surface area is 161 Å². The Balaban J connectivity index is 1.31. The summed E-state index contributed by atoms with van der Waals surface area (Å²) in [4.78, 5) is 30.1. The molecule has 1 aliphatic rings. The van der Waals surface area contributed by atoms with Crippen molar-refractivity contribution in [2.45, 2.75) is 13.0 Å². The van der Waals surface area contributed by atoms with Crippen molar-refractivity contribution in [1.29, 1.82) is 0 Å². The van der Waals surface area contributed by atoms with E-state index in [1.165, 1.54) is 6.26 Å². The van der Waals surface area contributed by atoms with Gasteiger partial charge in [0.1, 0.15) is 24.3 Å². The molecule has 2 aromatic carbocycles. The van der Waals surface area contributed by atoms with Crippen LogP contribution in [0.2, 0.25) is 0 Å². The van der Waals surface area contributed by atoms with E-state index in [1.807, 2.05) is 42.5 Å². The summed E-state index contributed by atoms with van der Waals surface area (Å²) in [5.41, 5.74) is 2.04. The van der Waals surface area contributed by atoms with Gasteiger partial charge in [-0.25, -0.2) is 4.98 Å². The number of amides is 1. The van der Waals surface area contributed by atoms with Gasteiger partial charge in [-0.05, 0) is 24.3 Å². The van der Waals surface area contributed by atoms with E-state index >= 15 is 0 Å². The number of fused-ring (bicyclic) bond motifs is 1. The Morgan fingerprint density at radius 3 is 2.75 bits per heavy atom. The molecule has 7 heteroatoms. The monoisotopic (exact) mass is 378 g/mol. The van der Waals surface area contributed by atoms with Crippen molar-refractivity contribution >= 4 is 17.6 Å². The second kappa shape index (κ2) is 7.96. The number of carbonyl (C=O) groups is 2. The van der Waals surface area contributed by atoms with Crippen molar-refractivity contribution in [2.24, 2.45) is 0 Å². The third-order valence-electron chi connectivity index (χ3n) is 4.30. The summed E-state index contributed by atoms with van der Waals surface area (Å²) in [6, 6.07) is 16.7. The maximum Gasteiger partial charge on any atom is 0.307 e. The van der Waals surface area contributed by atoms with Crippen molar-refractivity contribution in [3.05, 3.63) is 66.6 Å². The van der Waals surface area contributed by atoms with Crippen molar-refractivity contribution < 1.29 is 23.5 Å². The number of hydrogen-bond donors (Lipinski definition) is 0. The lowest BCUT2D eigenvalue weighted by Crippen LogP contribution is -2.40. The first-order valence-electron chi connectivity index (χ1n) is 8.88. The summed E-state index contributed by atoms with van der Waals surface area (Å²) in [5.74, 6) is 0.505. The highest BCUT2D eigenvalue weighted by molar-refractivity contribution is 5.98. The number of anilines is 1. The van der Waals surface area contributed by atoms with Gasteiger partial charge in [-0.2, -0.15) is 0 Å². The van der Waals surface area contributed by atoms with E-state index < -0.39 is 5.97 Å². The number of esters is 1. The van der Waals surface area contributed by atoms with Crippen LogP contribution in [0.4, 0.5) is 5.69 Å². The fraction of sp³-hybridized carbons (Fsp3) is 0.190. The van der Waals surface area contributed by atoms with E-state index in [-0.39, 0.29) is 32.1 Å². The molecule has 1 amide bonds. The number of oxazole rings is 1. The van der Waals surface area contributed by atoms with Gasteiger partial charge in [0.15, 0.2) is 6.61 Å². The Hall–Kier alpha value is -3.61. The fourth-order valence-corrected chi connectivity index (χ4v) is 2.92. The van der Waals surface area contributed by atoms with Crippen LogP contribution in [0.25, 0.3) is 11.5 Å². The van der Waals surface area contributed by atoms with Crippen LogP contribution < -0.4 is 9.64 Å². The van der Waals surface area contributed by atoms with E-state index in [4.69, 9.17) is 13.9 Å². The highest BCUT2D eigenvalue weighted by atomic mass is 16.5. The number of aromatic nitrogens is 1. The topological polar surface area (TPSA) is 81.9 Å². The van der Waals surface area contributed by atoms with Crippen LogP contribution in [0, 0.1) is 0 Å². The molecule has 0 N–H and O–H groups in total. The molecule has 7 nitrogen and oxygen atoms in total. The normalized spacial score (nSPS) is 13.0. The SMILES string of the molecule is O=C(CCN1C(=O)COc2ccccc21)OCc1coc(-c2ccccc2)n1. The lowest BCUT2D eigenvalue weighted by Gasteiger charge is -2.28. The molecule has 1 aliphatic heterocycles. The van der Waals surface area contributed by atoms with Crippen molar-refractivity contribution in [3.63, 3.8) is 0 Å². The Kier molecular flexibility index (Phi) is 5.05. The molecule has 0 atom stereocenters. The predicted molar refractivity (Wildman–Crippen MR) is 101 cm³/mol. The molecule has 28 heavy (non-hydrogen) atoms. The molecule has 0 radical (unpaired) electrons. The summed E-state index contributed by atoms with van der Waals surface area (Å²) < 4.78 is 16.1. The highest BCUT2D eigenvalue weighted by Crippen LogP contribution is 2.31. The van der Waals surface area contributed by atoms with Crippen molar-refractivity contribution in [1.82, 2.24) is 4.98 Å². The number of nitrogens with zero attached hydrogens (tertiary/aromatic N) is 2. The van der Waals surface area contributed by atoms with Crippen LogP contribution in [0.1, 0.15) is 12.1 Å². The van der Waals surface area contributed by atoms with Gasteiger partial charge in [-0.15, -0.1) is 0 Å². The van der Waals surface area contributed by atoms with Crippen LogP contribution in [0.3, 0.4) is 0 Å². The van der Waals surface area contributed by atoms with Gasteiger partial charge in [0, 0.05) is 12.1 Å². The van der Waals surface area contributed by atoms with Crippen LogP contribution in [0.5, 0.6) is 5.75 Å². The molecule has 0 saturated carbocycles. The zero-order valence-corrected chi connectivity index (χ0v) is 15.0. The maximum absolute atomic E-state index is 12.1. The Morgan fingerprint density at radius 1 is 1.11 bits per heavy atom. The number of benzene rings is 2. The summed E-state index contributed by atoms with van der Waals surface area (Å²) in [6.07, 6.45) is 1.54. The molecule has 0 saturated heterocycles. The number of para-hydroxylation sites is 2. The second-order valence-corrected chi connectivity index (χ2v) is 6.22. The third-order valence-corrected chi connectivity index (χ3v) is 4.30. The minimum absolute atomic E-state index is 0.0167. The highest BCUT2D eigenvalue weighted by Gasteiger charge is 2.25. The summed E-state index contributed by atoms with van der Waals surface area (Å²) >= 11 is 0. The number of rotatable bonds is 6. The van der Waals surface area contributed by atoms with E-state index in [0.29, 0.717) is 23.0 Å². The first kappa shape index (κ1) is 17.8. The number of carbonyl (C=O) groups excluding carboxylic acids is 2. The fourth-order valence-electron chi connectivity index (χ4n) is 2.92. The summed E-state index contributed by atoms with van der Waals surface area (Å²) in [5, 5.41) is 0. The molecule has 2 heterocycles. The second-order valence-electron chi connectivity index (χ2n) is 6.22. The van der Waals surface area contributed by atoms with Gasteiger partial charge in [0.25, 0.3) is 5.91 Å². The van der Waals surface area contributed by atoms with Crippen LogP contribution in [-0.4, -0.2) is 30.0 Å². The molecule has 1 aromatic heterocycles. The average Bonchev–Trinajstić information content (AvgIpc) is 3.21. The number of ether oxygens (including phenoxy) is 2. The van der Waals surface area contributed by atoms with E-state index in [0.717, 1.165) is 5.56 Å². The maximum atomic E-state index is 12.1. The zero-order chi connectivity index (χ0) is 19.3. The zero-order valence-electron chi connectivity index (χ0n) is 15.0. The lowest BCUT2D eigenvalue weighted by atomic mass is 10.2. The molecule has 0 unspecified atom stereocenters. The average molecular weight is 378 g/mol. The lowest BCUT2D eigenvalue weighted by molar-refractivity contribution is -0.144. The van der Waals surface area contributed by atoms with Gasteiger partial charge in [0.05, 0.1) is 12.1 Å². The van der Waals surface area contributed by atoms with Crippen LogP contribution >= 0.6 is 0 Å². The molecular weight excluding hydrogens is 360 g/mol. The number of hydrogen-bond acceptors (Lipinski definition) is 6. The van der Waals surface area contributed by atoms with Crippen LogP contribution in [-0.2, 0) is 20.9 Å². The van der Waals surface area contributed by atoms with E-state index in [9.17, 15) is 9.59 Å². The molecule has 0 spiro atoms. The smallest absolute Gasteiger partial charge is 0.307 e. The van der Waals surface area contributed by atoms with Crippen LogP contribution in [0.15, 0.2) is 65.3 Å². The summed E-state index contributed by atoms with van der Waals surface area (Å²) in [6.45, 7) is 0.211.